The normalized spacial score (nSPS) is 14.4. The summed E-state index contributed by atoms with van der Waals surface area (Å²) in [6.45, 7) is 8.73. The fourth-order valence-corrected chi connectivity index (χ4v) is 5.05. The van der Waals surface area contributed by atoms with Crippen LogP contribution in [0.5, 0.6) is 0 Å². The second-order valence-electron chi connectivity index (χ2n) is 9.88. The molecule has 186 valence electrons. The number of carbonyl (C=O) groups is 1. The summed E-state index contributed by atoms with van der Waals surface area (Å²) in [5.74, 6) is -0.00956. The largest absolute Gasteiger partial charge is 0.369 e. The molecule has 0 unspecified atom stereocenters. The number of amides is 1. The molecule has 7 heteroatoms. The fourth-order valence-electron chi connectivity index (χ4n) is 5.05. The van der Waals surface area contributed by atoms with Crippen molar-refractivity contribution in [2.45, 2.75) is 20.3 Å². The number of rotatable bonds is 5. The molecule has 1 aliphatic heterocycles. The number of aryl methyl sites for hydroxylation is 2. The second kappa shape index (κ2) is 9.74. The van der Waals surface area contributed by atoms with Crippen LogP contribution < -0.4 is 4.90 Å². The molecule has 3 heterocycles. The van der Waals surface area contributed by atoms with E-state index in [4.69, 9.17) is 4.98 Å². The van der Waals surface area contributed by atoms with Gasteiger partial charge < -0.3 is 19.7 Å². The van der Waals surface area contributed by atoms with Gasteiger partial charge in [-0.3, -0.25) is 4.79 Å². The maximum Gasteiger partial charge on any atom is 0.253 e. The molecular weight excluding hydrogens is 448 g/mol. The van der Waals surface area contributed by atoms with Gasteiger partial charge >= 0.3 is 0 Å². The van der Waals surface area contributed by atoms with Crippen LogP contribution >= 0.6 is 0 Å². The molecule has 1 aliphatic rings. The van der Waals surface area contributed by atoms with Crippen molar-refractivity contribution in [3.63, 3.8) is 0 Å². The average Bonchev–Trinajstić information content (AvgIpc) is 3.32. The molecule has 0 atom stereocenters. The molecule has 1 amide bonds. The molecule has 1 N–H and O–H groups in total. The van der Waals surface area contributed by atoms with Crippen molar-refractivity contribution < 1.29 is 4.79 Å². The Morgan fingerprint density at radius 3 is 2.44 bits per heavy atom. The number of hydrogen-bond acceptors (Lipinski definition) is 5. The quantitative estimate of drug-likeness (QED) is 0.450. The smallest absolute Gasteiger partial charge is 0.253 e. The number of piperazine rings is 1. The van der Waals surface area contributed by atoms with Crippen LogP contribution in [0, 0.1) is 6.92 Å². The van der Waals surface area contributed by atoms with E-state index in [9.17, 15) is 4.79 Å². The van der Waals surface area contributed by atoms with Gasteiger partial charge in [-0.05, 0) is 61.3 Å². The maximum atomic E-state index is 12.3. The lowest BCUT2D eigenvalue weighted by molar-refractivity contribution is 0.0827. The van der Waals surface area contributed by atoms with E-state index in [1.54, 1.807) is 19.0 Å². The number of nitrogens with one attached hydrogen (secondary N) is 1. The van der Waals surface area contributed by atoms with Crippen molar-refractivity contribution in [2.75, 3.05) is 52.2 Å². The van der Waals surface area contributed by atoms with Crippen molar-refractivity contribution >= 4 is 22.8 Å². The Kier molecular flexibility index (Phi) is 6.49. The number of aromatic nitrogens is 3. The summed E-state index contributed by atoms with van der Waals surface area (Å²) < 4.78 is 0. The zero-order valence-corrected chi connectivity index (χ0v) is 21.8. The standard InChI is InChI=1S/C29H34N6O/c1-6-20-16-23(15-19(2)27(20)35-13-11-34(5)12-14-35)25-18-31-28-26(32-25)24(17-30-28)21-7-9-22(10-8-21)29(36)33(3)4/h7-10,15-18H,6,11-14H2,1-5H3,(H,30,31). The van der Waals surface area contributed by atoms with Gasteiger partial charge in [-0.15, -0.1) is 0 Å². The fraction of sp³-hybridized carbons (Fsp3) is 0.345. The number of fused-ring (bicyclic) bond motifs is 1. The SMILES string of the molecule is CCc1cc(-c2cnc3[nH]cc(-c4ccc(C(=O)N(C)C)cc4)c3n2)cc(C)c1N1CCN(C)CC1. The Morgan fingerprint density at radius 1 is 1.06 bits per heavy atom. The Hall–Kier alpha value is -3.71. The first-order valence-electron chi connectivity index (χ1n) is 12.6. The van der Waals surface area contributed by atoms with Crippen LogP contribution in [-0.4, -0.2) is 78.0 Å². The number of likely N-dealkylation sites (N-methyl/N-ethyl adjacent to an activating group) is 1. The summed E-state index contributed by atoms with van der Waals surface area (Å²) in [7, 11) is 5.71. The summed E-state index contributed by atoms with van der Waals surface area (Å²) in [4.78, 5) is 31.7. The minimum atomic E-state index is -0.00956. The molecular formula is C29H34N6O. The zero-order valence-electron chi connectivity index (χ0n) is 21.8. The van der Waals surface area contributed by atoms with Crippen LogP contribution in [0.3, 0.4) is 0 Å². The summed E-state index contributed by atoms with van der Waals surface area (Å²) in [6, 6.07) is 12.2. The summed E-state index contributed by atoms with van der Waals surface area (Å²) in [5, 5.41) is 0. The van der Waals surface area contributed by atoms with E-state index < -0.39 is 0 Å². The third-order valence-electron chi connectivity index (χ3n) is 7.11. The Morgan fingerprint density at radius 2 is 1.78 bits per heavy atom. The molecule has 0 aliphatic carbocycles. The topological polar surface area (TPSA) is 68.4 Å². The van der Waals surface area contributed by atoms with E-state index in [0.717, 1.165) is 66.1 Å². The minimum absolute atomic E-state index is 0.00956. The molecule has 2 aromatic heterocycles. The number of benzene rings is 2. The lowest BCUT2D eigenvalue weighted by Crippen LogP contribution is -2.45. The van der Waals surface area contributed by atoms with Crippen LogP contribution in [0.25, 0.3) is 33.5 Å². The van der Waals surface area contributed by atoms with E-state index in [1.165, 1.54) is 16.8 Å². The monoisotopic (exact) mass is 482 g/mol. The number of nitrogens with zero attached hydrogens (tertiary/aromatic N) is 5. The van der Waals surface area contributed by atoms with Gasteiger partial charge in [-0.25, -0.2) is 9.97 Å². The summed E-state index contributed by atoms with van der Waals surface area (Å²) >= 11 is 0. The minimum Gasteiger partial charge on any atom is -0.369 e. The van der Waals surface area contributed by atoms with E-state index in [-0.39, 0.29) is 5.91 Å². The van der Waals surface area contributed by atoms with Crippen LogP contribution in [0.4, 0.5) is 5.69 Å². The number of H-pyrrole nitrogens is 1. The molecule has 5 rings (SSSR count). The van der Waals surface area contributed by atoms with Crippen molar-refractivity contribution in [1.82, 2.24) is 24.8 Å². The lowest BCUT2D eigenvalue weighted by Gasteiger charge is -2.36. The molecule has 7 nitrogen and oxygen atoms in total. The van der Waals surface area contributed by atoms with Gasteiger partial charge in [0.05, 0.1) is 11.9 Å². The van der Waals surface area contributed by atoms with Crippen molar-refractivity contribution in [1.29, 1.82) is 0 Å². The predicted molar refractivity (Wildman–Crippen MR) is 147 cm³/mol. The molecule has 0 spiro atoms. The van der Waals surface area contributed by atoms with Gasteiger partial charge in [-0.2, -0.15) is 0 Å². The van der Waals surface area contributed by atoms with Gasteiger partial charge in [-0.1, -0.05) is 19.1 Å². The highest BCUT2D eigenvalue weighted by molar-refractivity contribution is 5.96. The van der Waals surface area contributed by atoms with Crippen LogP contribution in [0.2, 0.25) is 0 Å². The van der Waals surface area contributed by atoms with Crippen molar-refractivity contribution in [3.8, 4) is 22.4 Å². The van der Waals surface area contributed by atoms with Gasteiger partial charge in [0.1, 0.15) is 5.52 Å². The second-order valence-corrected chi connectivity index (χ2v) is 9.88. The third kappa shape index (κ3) is 4.46. The van der Waals surface area contributed by atoms with E-state index in [1.807, 2.05) is 36.7 Å². The van der Waals surface area contributed by atoms with E-state index in [0.29, 0.717) is 5.56 Å². The van der Waals surface area contributed by atoms with Crippen LogP contribution in [0.15, 0.2) is 48.8 Å². The Bertz CT molecular complexity index is 1400. The Labute approximate surface area is 212 Å². The predicted octanol–water partition coefficient (Wildman–Crippen LogP) is 4.62. The molecule has 0 saturated carbocycles. The molecule has 4 aromatic rings. The molecule has 36 heavy (non-hydrogen) atoms. The van der Waals surface area contributed by atoms with Gasteiger partial charge in [0.25, 0.3) is 5.91 Å². The first-order valence-corrected chi connectivity index (χ1v) is 12.6. The number of carbonyl (C=O) groups excluding carboxylic acids is 1. The molecule has 2 aromatic carbocycles. The molecule has 1 fully saturated rings. The summed E-state index contributed by atoms with van der Waals surface area (Å²) in [6.07, 6.45) is 4.76. The molecule has 0 bridgehead atoms. The van der Waals surface area contributed by atoms with Gasteiger partial charge in [0.15, 0.2) is 5.65 Å². The highest BCUT2D eigenvalue weighted by atomic mass is 16.2. The number of aromatic amines is 1. The number of hydrogen-bond donors (Lipinski definition) is 1. The van der Waals surface area contributed by atoms with E-state index >= 15 is 0 Å². The first-order chi connectivity index (χ1) is 17.4. The zero-order chi connectivity index (χ0) is 25.4. The molecule has 1 saturated heterocycles. The first kappa shape index (κ1) is 24.0. The Balaban J connectivity index is 1.51. The van der Waals surface area contributed by atoms with Gasteiger partial charge in [0, 0.05) is 68.8 Å². The van der Waals surface area contributed by atoms with Gasteiger partial charge in [0.2, 0.25) is 0 Å². The lowest BCUT2D eigenvalue weighted by atomic mass is 9.98. The average molecular weight is 483 g/mol. The highest BCUT2D eigenvalue weighted by Crippen LogP contribution is 2.33. The van der Waals surface area contributed by atoms with E-state index in [2.05, 4.69) is 52.8 Å². The third-order valence-corrected chi connectivity index (χ3v) is 7.11. The number of anilines is 1. The molecule has 0 radical (unpaired) electrons. The van der Waals surface area contributed by atoms with Crippen molar-refractivity contribution in [2.24, 2.45) is 0 Å². The van der Waals surface area contributed by atoms with Crippen LogP contribution in [0.1, 0.15) is 28.4 Å². The van der Waals surface area contributed by atoms with Crippen molar-refractivity contribution in [3.05, 3.63) is 65.5 Å². The maximum absolute atomic E-state index is 12.3. The summed E-state index contributed by atoms with van der Waals surface area (Å²) in [5.41, 5.74) is 10.2. The van der Waals surface area contributed by atoms with Crippen LogP contribution in [-0.2, 0) is 6.42 Å². The highest BCUT2D eigenvalue weighted by Gasteiger charge is 2.20.